The number of nitrogens with zero attached hydrogens (tertiary/aromatic N) is 1. The second-order valence-electron chi connectivity index (χ2n) is 6.81. The van der Waals surface area contributed by atoms with Crippen LogP contribution in [-0.4, -0.2) is 22.3 Å². The van der Waals surface area contributed by atoms with Crippen molar-refractivity contribution in [2.24, 2.45) is 5.92 Å². The van der Waals surface area contributed by atoms with Crippen LogP contribution in [0.5, 0.6) is 0 Å². The van der Waals surface area contributed by atoms with Crippen LogP contribution in [-0.2, 0) is 20.7 Å². The van der Waals surface area contributed by atoms with Crippen LogP contribution in [0.4, 0.5) is 11.4 Å². The molecule has 2 N–H and O–H groups in total. The third-order valence-corrected chi connectivity index (χ3v) is 3.45. The van der Waals surface area contributed by atoms with Crippen LogP contribution < -0.4 is 5.73 Å². The Balaban J connectivity index is 2.63. The fraction of sp³-hybridized carbons (Fsp3) is 0.529. The summed E-state index contributed by atoms with van der Waals surface area (Å²) in [4.78, 5) is 34.2. The van der Waals surface area contributed by atoms with Gasteiger partial charge < -0.3 is 10.5 Å². The van der Waals surface area contributed by atoms with Crippen molar-refractivity contribution in [3.63, 3.8) is 0 Å². The molecule has 0 aliphatic carbocycles. The first-order chi connectivity index (χ1) is 11.0. The molecule has 0 aliphatic heterocycles. The largest absolute Gasteiger partial charge is 0.460 e. The smallest absolute Gasteiger partial charge is 0.306 e. The summed E-state index contributed by atoms with van der Waals surface area (Å²) in [7, 11) is 0. The molecule has 24 heavy (non-hydrogen) atoms. The third kappa shape index (κ3) is 6.36. The number of ether oxygens (including phenoxy) is 1. The molecule has 1 rings (SSSR count). The summed E-state index contributed by atoms with van der Waals surface area (Å²) >= 11 is 0. The van der Waals surface area contributed by atoms with E-state index in [0.29, 0.717) is 17.7 Å². The Morgan fingerprint density at radius 2 is 1.96 bits per heavy atom. The second kappa shape index (κ2) is 7.90. The van der Waals surface area contributed by atoms with E-state index in [2.05, 4.69) is 0 Å². The first kappa shape index (κ1) is 19.6. The molecule has 1 aromatic carbocycles. The zero-order valence-electron chi connectivity index (χ0n) is 14.5. The van der Waals surface area contributed by atoms with Crippen molar-refractivity contribution in [1.82, 2.24) is 0 Å². The molecule has 1 aromatic rings. The zero-order chi connectivity index (χ0) is 18.5. The Kier molecular flexibility index (Phi) is 6.45. The van der Waals surface area contributed by atoms with Gasteiger partial charge in [0.1, 0.15) is 11.4 Å². The van der Waals surface area contributed by atoms with E-state index in [1.165, 1.54) is 18.2 Å². The molecule has 0 spiro atoms. The van der Waals surface area contributed by atoms with Crippen molar-refractivity contribution in [1.29, 1.82) is 0 Å². The molecule has 1 atom stereocenters. The highest BCUT2D eigenvalue weighted by atomic mass is 16.6. The van der Waals surface area contributed by atoms with Gasteiger partial charge in [-0.15, -0.1) is 0 Å². The molecule has 0 aliphatic rings. The predicted molar refractivity (Wildman–Crippen MR) is 90.5 cm³/mol. The van der Waals surface area contributed by atoms with Gasteiger partial charge >= 0.3 is 5.97 Å². The molecule has 132 valence electrons. The molecule has 0 saturated heterocycles. The molecule has 0 amide bonds. The van der Waals surface area contributed by atoms with E-state index in [4.69, 9.17) is 10.5 Å². The van der Waals surface area contributed by atoms with Crippen molar-refractivity contribution < 1.29 is 19.2 Å². The highest BCUT2D eigenvalue weighted by molar-refractivity contribution is 5.85. The van der Waals surface area contributed by atoms with E-state index < -0.39 is 10.5 Å². The van der Waals surface area contributed by atoms with E-state index in [1.807, 2.05) is 0 Å². The van der Waals surface area contributed by atoms with Crippen molar-refractivity contribution in [3.8, 4) is 0 Å². The Bertz CT molecular complexity index is 634. The summed E-state index contributed by atoms with van der Waals surface area (Å²) in [5.74, 6) is -0.834. The maximum atomic E-state index is 12.3. The minimum absolute atomic E-state index is 0.00297. The van der Waals surface area contributed by atoms with Crippen LogP contribution in [0.1, 0.15) is 46.1 Å². The molecule has 0 aromatic heterocycles. The van der Waals surface area contributed by atoms with Crippen LogP contribution in [0.15, 0.2) is 18.2 Å². The van der Waals surface area contributed by atoms with Gasteiger partial charge in [0.2, 0.25) is 0 Å². The number of non-ortho nitro benzene ring substituents is 1. The Hall–Kier alpha value is -2.44. The number of hydrogen-bond donors (Lipinski definition) is 1. The minimum Gasteiger partial charge on any atom is -0.460 e. The standard InChI is InChI=1S/C17H24N2O5/c1-11(5-8-16(21)24-17(2,3)4)15(20)10-12-9-13(19(22)23)6-7-14(12)18/h6-7,9,11H,5,8,10,18H2,1-4H3/t11-/m0/s1. The first-order valence-corrected chi connectivity index (χ1v) is 7.77. The number of nitrogen functional groups attached to an aromatic ring is 1. The van der Waals surface area contributed by atoms with Gasteiger partial charge in [-0.25, -0.2) is 0 Å². The Morgan fingerprint density at radius 3 is 2.50 bits per heavy atom. The number of benzene rings is 1. The third-order valence-electron chi connectivity index (χ3n) is 3.45. The average molecular weight is 336 g/mol. The lowest BCUT2D eigenvalue weighted by Gasteiger charge is -2.20. The average Bonchev–Trinajstić information content (AvgIpc) is 2.44. The number of esters is 1. The minimum atomic E-state index is -0.554. The Morgan fingerprint density at radius 1 is 1.33 bits per heavy atom. The zero-order valence-corrected chi connectivity index (χ0v) is 14.5. The molecule has 0 heterocycles. The molecular formula is C17H24N2O5. The summed E-state index contributed by atoms with van der Waals surface area (Å²) in [5, 5.41) is 10.8. The van der Waals surface area contributed by atoms with E-state index in [0.717, 1.165) is 0 Å². The number of carbonyl (C=O) groups is 2. The lowest BCUT2D eigenvalue weighted by Crippen LogP contribution is -2.24. The van der Waals surface area contributed by atoms with E-state index >= 15 is 0 Å². The second-order valence-corrected chi connectivity index (χ2v) is 6.81. The van der Waals surface area contributed by atoms with Gasteiger partial charge in [-0.2, -0.15) is 0 Å². The lowest BCUT2D eigenvalue weighted by molar-refractivity contribution is -0.384. The highest BCUT2D eigenvalue weighted by Gasteiger charge is 2.20. The summed E-state index contributed by atoms with van der Waals surface area (Å²) in [5.41, 5.74) is 5.89. The molecular weight excluding hydrogens is 312 g/mol. The van der Waals surface area contributed by atoms with Gasteiger partial charge in [0, 0.05) is 36.6 Å². The topological polar surface area (TPSA) is 113 Å². The van der Waals surface area contributed by atoms with Crippen LogP contribution in [0.3, 0.4) is 0 Å². The lowest BCUT2D eigenvalue weighted by atomic mass is 9.94. The summed E-state index contributed by atoms with van der Waals surface area (Å²) in [6, 6.07) is 4.04. The number of ketones is 1. The summed E-state index contributed by atoms with van der Waals surface area (Å²) in [6.45, 7) is 7.07. The highest BCUT2D eigenvalue weighted by Crippen LogP contribution is 2.22. The van der Waals surface area contributed by atoms with Crippen molar-refractivity contribution in [3.05, 3.63) is 33.9 Å². The molecule has 0 bridgehead atoms. The van der Waals surface area contributed by atoms with Crippen LogP contribution in [0.2, 0.25) is 0 Å². The van der Waals surface area contributed by atoms with Gasteiger partial charge in [0.15, 0.2) is 0 Å². The molecule has 7 nitrogen and oxygen atoms in total. The van der Waals surface area contributed by atoms with E-state index in [1.54, 1.807) is 27.7 Å². The van der Waals surface area contributed by atoms with E-state index in [-0.39, 0.29) is 36.2 Å². The van der Waals surface area contributed by atoms with Crippen LogP contribution in [0, 0.1) is 16.0 Å². The van der Waals surface area contributed by atoms with Gasteiger partial charge in [0.25, 0.3) is 5.69 Å². The molecule has 0 unspecified atom stereocenters. The van der Waals surface area contributed by atoms with Crippen LogP contribution >= 0.6 is 0 Å². The molecule has 7 heteroatoms. The van der Waals surface area contributed by atoms with Gasteiger partial charge in [-0.05, 0) is 38.8 Å². The quantitative estimate of drug-likeness (QED) is 0.354. The number of carbonyl (C=O) groups excluding carboxylic acids is 2. The SMILES string of the molecule is C[C@@H](CCC(=O)OC(C)(C)C)C(=O)Cc1cc([N+](=O)[O-])ccc1N. The number of nitrogens with two attached hydrogens (primary N) is 1. The number of anilines is 1. The molecule has 0 radical (unpaired) electrons. The number of nitro groups is 1. The Labute approximate surface area is 141 Å². The van der Waals surface area contributed by atoms with Crippen LogP contribution in [0.25, 0.3) is 0 Å². The van der Waals surface area contributed by atoms with E-state index in [9.17, 15) is 19.7 Å². The van der Waals surface area contributed by atoms with Gasteiger partial charge in [-0.1, -0.05) is 6.92 Å². The number of hydrogen-bond acceptors (Lipinski definition) is 6. The number of Topliss-reactive ketones (excluding diaryl/α,β-unsaturated/α-hetero) is 1. The maximum absolute atomic E-state index is 12.3. The normalized spacial score (nSPS) is 12.5. The number of nitro benzene ring substituents is 1. The fourth-order valence-corrected chi connectivity index (χ4v) is 2.11. The molecule has 0 saturated carbocycles. The molecule has 0 fully saturated rings. The van der Waals surface area contributed by atoms with Crippen molar-refractivity contribution in [2.75, 3.05) is 5.73 Å². The summed E-state index contributed by atoms with van der Waals surface area (Å²) in [6.07, 6.45) is 0.514. The van der Waals surface area contributed by atoms with Crippen molar-refractivity contribution in [2.45, 2.75) is 52.6 Å². The predicted octanol–water partition coefficient (Wildman–Crippen LogP) is 3.05. The van der Waals surface area contributed by atoms with Crippen molar-refractivity contribution >= 4 is 23.1 Å². The summed E-state index contributed by atoms with van der Waals surface area (Å²) < 4.78 is 5.20. The monoisotopic (exact) mass is 336 g/mol. The maximum Gasteiger partial charge on any atom is 0.306 e. The first-order valence-electron chi connectivity index (χ1n) is 7.77. The fourth-order valence-electron chi connectivity index (χ4n) is 2.11. The number of rotatable bonds is 7. The van der Waals surface area contributed by atoms with Gasteiger partial charge in [-0.3, -0.25) is 19.7 Å². The van der Waals surface area contributed by atoms with Gasteiger partial charge in [0.05, 0.1) is 4.92 Å².